The van der Waals surface area contributed by atoms with Gasteiger partial charge in [0.05, 0.1) is 18.1 Å². The molecule has 24 heavy (non-hydrogen) atoms. The van der Waals surface area contributed by atoms with Gasteiger partial charge in [-0.3, -0.25) is 4.79 Å². The summed E-state index contributed by atoms with van der Waals surface area (Å²) in [4.78, 5) is 20.7. The van der Waals surface area contributed by atoms with E-state index >= 15 is 0 Å². The Hall–Kier alpha value is -2.09. The van der Waals surface area contributed by atoms with Crippen molar-refractivity contribution in [2.24, 2.45) is 0 Å². The van der Waals surface area contributed by atoms with Gasteiger partial charge >= 0.3 is 0 Å². The minimum absolute atomic E-state index is 0.101. The lowest BCUT2D eigenvalue weighted by atomic mass is 10.3. The highest BCUT2D eigenvalue weighted by atomic mass is 32.2. The summed E-state index contributed by atoms with van der Waals surface area (Å²) >= 11 is 1.60. The molecule has 0 aromatic carbocycles. The van der Waals surface area contributed by atoms with E-state index < -0.39 is 0 Å². The molecule has 0 spiro atoms. The molecule has 0 fully saturated rings. The predicted octanol–water partition coefficient (Wildman–Crippen LogP) is 2.45. The predicted molar refractivity (Wildman–Crippen MR) is 98.3 cm³/mol. The maximum atomic E-state index is 11.5. The molecule has 8 heteroatoms. The van der Waals surface area contributed by atoms with Crippen LogP contribution in [-0.4, -0.2) is 44.5 Å². The van der Waals surface area contributed by atoms with Crippen LogP contribution in [0.2, 0.25) is 0 Å². The fourth-order valence-corrected chi connectivity index (χ4v) is 2.73. The smallest absolute Gasteiger partial charge is 0.243 e. The monoisotopic (exact) mass is 348 g/mol. The zero-order valence-corrected chi connectivity index (χ0v) is 15.2. The Bertz CT molecular complexity index is 712. The van der Waals surface area contributed by atoms with Crippen LogP contribution < -0.4 is 10.6 Å². The van der Waals surface area contributed by atoms with Gasteiger partial charge in [0.15, 0.2) is 10.8 Å². The van der Waals surface area contributed by atoms with Gasteiger partial charge in [-0.05, 0) is 25.2 Å². The molecular weight excluding hydrogens is 324 g/mol. The molecular formula is C16H24N6OS. The summed E-state index contributed by atoms with van der Waals surface area (Å²) in [6, 6.07) is 0. The number of carbonyl (C=O) groups is 1. The number of hydrogen-bond acceptors (Lipinski definition) is 6. The van der Waals surface area contributed by atoms with E-state index in [2.05, 4.69) is 39.5 Å². The van der Waals surface area contributed by atoms with Crippen molar-refractivity contribution in [3.8, 4) is 0 Å². The number of rotatable bonds is 9. The van der Waals surface area contributed by atoms with Gasteiger partial charge in [0.2, 0.25) is 5.91 Å². The summed E-state index contributed by atoms with van der Waals surface area (Å²) in [5, 5.41) is 12.2. The largest absolute Gasteiger partial charge is 0.369 e. The van der Waals surface area contributed by atoms with Crippen molar-refractivity contribution in [3.05, 3.63) is 18.3 Å². The van der Waals surface area contributed by atoms with Crippen molar-refractivity contribution >= 4 is 34.5 Å². The second kappa shape index (κ2) is 9.27. The molecule has 0 aliphatic carbocycles. The van der Waals surface area contributed by atoms with Crippen molar-refractivity contribution in [3.63, 3.8) is 0 Å². The van der Waals surface area contributed by atoms with Gasteiger partial charge in [-0.1, -0.05) is 31.7 Å². The molecule has 0 bridgehead atoms. The summed E-state index contributed by atoms with van der Waals surface area (Å²) in [6.07, 6.45) is 6.02. The lowest BCUT2D eigenvalue weighted by Gasteiger charge is -2.08. The average molecular weight is 348 g/mol. The number of aromatic nitrogens is 4. The van der Waals surface area contributed by atoms with Crippen LogP contribution in [0.4, 0.5) is 5.82 Å². The second-order valence-corrected chi connectivity index (χ2v) is 6.34. The summed E-state index contributed by atoms with van der Waals surface area (Å²) in [5.41, 5.74) is 0.792. The standard InChI is InChI=1S/C16H24N6OS/c1-4-7-13(23)17-9-10-22-15-12(11-19-22)14(18-8-5-2)20-16(21-15)24-6-3/h4,7,11H,5-6,8-10H2,1-3H3,(H,17,23)(H,18,20,21)/b7-4-. The lowest BCUT2D eigenvalue weighted by Crippen LogP contribution is -2.25. The molecule has 7 nitrogen and oxygen atoms in total. The Balaban J connectivity index is 2.21. The molecule has 2 aromatic heterocycles. The van der Waals surface area contributed by atoms with E-state index in [0.29, 0.717) is 13.1 Å². The molecule has 0 unspecified atom stereocenters. The fourth-order valence-electron chi connectivity index (χ4n) is 2.17. The summed E-state index contributed by atoms with van der Waals surface area (Å²) in [7, 11) is 0. The van der Waals surface area contributed by atoms with Gasteiger partial charge in [0.25, 0.3) is 0 Å². The van der Waals surface area contributed by atoms with E-state index in [9.17, 15) is 4.79 Å². The number of nitrogens with one attached hydrogen (secondary N) is 2. The first kappa shape index (κ1) is 18.3. The molecule has 2 rings (SSSR count). The van der Waals surface area contributed by atoms with Crippen molar-refractivity contribution in [1.29, 1.82) is 0 Å². The quantitative estimate of drug-likeness (QED) is 0.411. The second-order valence-electron chi connectivity index (χ2n) is 5.11. The number of nitrogens with zero attached hydrogens (tertiary/aromatic N) is 4. The topological polar surface area (TPSA) is 84.7 Å². The van der Waals surface area contributed by atoms with Crippen LogP contribution in [0.1, 0.15) is 27.2 Å². The number of thioether (sulfide) groups is 1. The van der Waals surface area contributed by atoms with Gasteiger partial charge < -0.3 is 10.6 Å². The SMILES string of the molecule is C/C=C\C(=O)NCCn1ncc2c(NCCC)nc(SCC)nc21. The molecule has 0 aliphatic rings. The van der Waals surface area contributed by atoms with Gasteiger partial charge in [-0.25, -0.2) is 14.6 Å². The van der Waals surface area contributed by atoms with Gasteiger partial charge in [-0.15, -0.1) is 0 Å². The summed E-state index contributed by atoms with van der Waals surface area (Å²) in [5.74, 6) is 1.63. The Morgan fingerprint density at radius 2 is 2.17 bits per heavy atom. The third kappa shape index (κ3) is 4.70. The molecule has 130 valence electrons. The Kier molecular flexibility index (Phi) is 7.05. The van der Waals surface area contributed by atoms with Crippen LogP contribution in [-0.2, 0) is 11.3 Å². The Morgan fingerprint density at radius 3 is 2.88 bits per heavy atom. The number of fused-ring (bicyclic) bond motifs is 1. The molecule has 0 saturated heterocycles. The maximum Gasteiger partial charge on any atom is 0.243 e. The molecule has 0 radical (unpaired) electrons. The van der Waals surface area contributed by atoms with Crippen molar-refractivity contribution in [1.82, 2.24) is 25.1 Å². The fraction of sp³-hybridized carbons (Fsp3) is 0.500. The van der Waals surface area contributed by atoms with Gasteiger partial charge in [0.1, 0.15) is 5.82 Å². The highest BCUT2D eigenvalue weighted by Crippen LogP contribution is 2.24. The van der Waals surface area contributed by atoms with Crippen molar-refractivity contribution in [2.45, 2.75) is 38.9 Å². The molecule has 2 heterocycles. The van der Waals surface area contributed by atoms with Crippen molar-refractivity contribution < 1.29 is 4.79 Å². The van der Waals surface area contributed by atoms with E-state index in [1.165, 1.54) is 6.08 Å². The number of amides is 1. The number of carbonyl (C=O) groups excluding carboxylic acids is 1. The van der Waals surface area contributed by atoms with E-state index in [1.807, 2.05) is 11.6 Å². The van der Waals surface area contributed by atoms with E-state index in [1.54, 1.807) is 24.0 Å². The molecule has 0 aliphatic heterocycles. The zero-order valence-electron chi connectivity index (χ0n) is 14.4. The van der Waals surface area contributed by atoms with Crippen LogP contribution in [0, 0.1) is 0 Å². The Morgan fingerprint density at radius 1 is 1.33 bits per heavy atom. The first-order chi connectivity index (χ1) is 11.7. The van der Waals surface area contributed by atoms with Crippen LogP contribution in [0.5, 0.6) is 0 Å². The summed E-state index contributed by atoms with van der Waals surface area (Å²) in [6.45, 7) is 7.92. The third-order valence-electron chi connectivity index (χ3n) is 3.23. The zero-order chi connectivity index (χ0) is 17.4. The first-order valence-electron chi connectivity index (χ1n) is 8.20. The Labute approximate surface area is 146 Å². The normalized spacial score (nSPS) is 11.3. The number of allylic oxidation sites excluding steroid dienone is 1. The van der Waals surface area contributed by atoms with E-state index in [4.69, 9.17) is 0 Å². The molecule has 0 atom stereocenters. The number of anilines is 1. The van der Waals surface area contributed by atoms with Gasteiger partial charge in [0, 0.05) is 13.1 Å². The minimum atomic E-state index is -0.101. The van der Waals surface area contributed by atoms with Crippen LogP contribution >= 0.6 is 11.8 Å². The summed E-state index contributed by atoms with van der Waals surface area (Å²) < 4.78 is 1.81. The number of hydrogen-bond donors (Lipinski definition) is 2. The third-order valence-corrected chi connectivity index (χ3v) is 3.96. The maximum absolute atomic E-state index is 11.5. The van der Waals surface area contributed by atoms with Crippen LogP contribution in [0.15, 0.2) is 23.5 Å². The van der Waals surface area contributed by atoms with Crippen LogP contribution in [0.3, 0.4) is 0 Å². The van der Waals surface area contributed by atoms with E-state index in [0.717, 1.165) is 40.7 Å². The first-order valence-corrected chi connectivity index (χ1v) is 9.18. The van der Waals surface area contributed by atoms with Gasteiger partial charge in [-0.2, -0.15) is 5.10 Å². The minimum Gasteiger partial charge on any atom is -0.369 e. The lowest BCUT2D eigenvalue weighted by molar-refractivity contribution is -0.116. The molecule has 0 saturated carbocycles. The van der Waals surface area contributed by atoms with Crippen molar-refractivity contribution in [2.75, 3.05) is 24.2 Å². The highest BCUT2D eigenvalue weighted by Gasteiger charge is 2.13. The average Bonchev–Trinajstić information content (AvgIpc) is 2.96. The highest BCUT2D eigenvalue weighted by molar-refractivity contribution is 7.99. The molecule has 2 N–H and O–H groups in total. The molecule has 2 aromatic rings. The van der Waals surface area contributed by atoms with E-state index in [-0.39, 0.29) is 5.91 Å². The van der Waals surface area contributed by atoms with Crippen LogP contribution in [0.25, 0.3) is 11.0 Å². The molecule has 1 amide bonds.